The summed E-state index contributed by atoms with van der Waals surface area (Å²) in [4.78, 5) is 3.74. The van der Waals surface area contributed by atoms with Crippen molar-refractivity contribution < 1.29 is 17.9 Å². The number of sulfonamides is 1. The van der Waals surface area contributed by atoms with E-state index >= 15 is 0 Å². The zero-order valence-electron chi connectivity index (χ0n) is 10.0. The molecule has 0 radical (unpaired) electrons. The average molecular weight is 317 g/mol. The summed E-state index contributed by atoms with van der Waals surface area (Å²) in [5.74, 6) is -0.639. The van der Waals surface area contributed by atoms with Crippen LogP contribution in [-0.2, 0) is 16.6 Å². The van der Waals surface area contributed by atoms with Crippen molar-refractivity contribution in [3.8, 4) is 0 Å². The fourth-order valence-corrected chi connectivity index (χ4v) is 2.59. The summed E-state index contributed by atoms with van der Waals surface area (Å²) in [6, 6.07) is 6.18. The minimum absolute atomic E-state index is 0.129. The number of aliphatic hydroxyl groups is 1. The van der Waals surface area contributed by atoms with E-state index in [1.807, 2.05) is 0 Å². The lowest BCUT2D eigenvalue weighted by molar-refractivity contribution is 0.281. The zero-order valence-corrected chi connectivity index (χ0v) is 11.6. The molecule has 0 saturated heterocycles. The molecular weight excluding hydrogens is 307 g/mol. The fourth-order valence-electron chi connectivity index (χ4n) is 1.43. The van der Waals surface area contributed by atoms with Crippen molar-refractivity contribution in [1.29, 1.82) is 0 Å². The molecule has 0 atom stereocenters. The molecule has 0 spiro atoms. The third-order valence-corrected chi connectivity index (χ3v) is 4.01. The Labute approximate surface area is 120 Å². The predicted molar refractivity (Wildman–Crippen MR) is 72.4 cm³/mol. The molecule has 2 N–H and O–H groups in total. The van der Waals surface area contributed by atoms with Gasteiger partial charge in [-0.3, -0.25) is 4.72 Å². The van der Waals surface area contributed by atoms with Crippen molar-refractivity contribution in [2.24, 2.45) is 0 Å². The van der Waals surface area contributed by atoms with Gasteiger partial charge in [0.1, 0.15) is 5.82 Å². The predicted octanol–water partition coefficient (Wildman–Crippen LogP) is 2.17. The highest BCUT2D eigenvalue weighted by molar-refractivity contribution is 7.92. The number of halogens is 2. The van der Waals surface area contributed by atoms with Crippen LogP contribution in [0.15, 0.2) is 41.6 Å². The van der Waals surface area contributed by atoms with E-state index in [1.54, 1.807) is 0 Å². The molecule has 0 aliphatic carbocycles. The van der Waals surface area contributed by atoms with Gasteiger partial charge in [0.05, 0.1) is 17.3 Å². The molecule has 0 unspecified atom stereocenters. The molecule has 2 rings (SSSR count). The van der Waals surface area contributed by atoms with Gasteiger partial charge in [-0.1, -0.05) is 17.7 Å². The van der Waals surface area contributed by atoms with Gasteiger partial charge in [-0.25, -0.2) is 9.37 Å². The van der Waals surface area contributed by atoms with Gasteiger partial charge in [0.2, 0.25) is 0 Å². The second-order valence-corrected chi connectivity index (χ2v) is 5.93. The lowest BCUT2D eigenvalue weighted by Gasteiger charge is -2.08. The highest BCUT2D eigenvalue weighted by Crippen LogP contribution is 2.21. The molecule has 0 fully saturated rings. The van der Waals surface area contributed by atoms with Crippen LogP contribution in [0, 0.1) is 5.82 Å². The molecule has 1 aromatic heterocycles. The number of hydrogen-bond acceptors (Lipinski definition) is 4. The van der Waals surface area contributed by atoms with E-state index in [-0.39, 0.29) is 22.3 Å². The van der Waals surface area contributed by atoms with Crippen molar-refractivity contribution >= 4 is 27.3 Å². The average Bonchev–Trinajstić information content (AvgIpc) is 2.43. The third-order valence-electron chi connectivity index (χ3n) is 2.43. The molecule has 1 aromatic carbocycles. The summed E-state index contributed by atoms with van der Waals surface area (Å²) < 4.78 is 39.3. The quantitative estimate of drug-likeness (QED) is 0.906. The smallest absolute Gasteiger partial charge is 0.279 e. The van der Waals surface area contributed by atoms with E-state index in [2.05, 4.69) is 9.71 Å². The Hall–Kier alpha value is -1.70. The molecule has 5 nitrogen and oxygen atoms in total. The summed E-state index contributed by atoms with van der Waals surface area (Å²) in [6.45, 7) is -0.228. The van der Waals surface area contributed by atoms with Crippen LogP contribution >= 0.6 is 11.6 Å². The second-order valence-electron chi connectivity index (χ2n) is 3.90. The molecule has 0 saturated carbocycles. The van der Waals surface area contributed by atoms with E-state index in [9.17, 15) is 12.8 Å². The Morgan fingerprint density at radius 1 is 1.30 bits per heavy atom. The fraction of sp³-hybridized carbons (Fsp3) is 0.0833. The molecule has 1 heterocycles. The van der Waals surface area contributed by atoms with Gasteiger partial charge in [0, 0.05) is 6.20 Å². The molecule has 0 aliphatic heterocycles. The molecule has 0 aliphatic rings. The number of nitrogens with one attached hydrogen (secondary N) is 1. The number of rotatable bonds is 4. The maximum absolute atomic E-state index is 13.0. The molecule has 8 heteroatoms. The Morgan fingerprint density at radius 2 is 2.05 bits per heavy atom. The van der Waals surface area contributed by atoms with E-state index in [0.29, 0.717) is 5.56 Å². The third kappa shape index (κ3) is 3.24. The Bertz CT molecular complexity index is 720. The van der Waals surface area contributed by atoms with Gasteiger partial charge in [-0.05, 0) is 29.8 Å². The molecule has 106 valence electrons. The molecular formula is C12H10ClFN2O3S. The number of hydrogen-bond donors (Lipinski definition) is 2. The minimum Gasteiger partial charge on any atom is -0.392 e. The van der Waals surface area contributed by atoms with E-state index in [0.717, 1.165) is 12.1 Å². The number of nitrogens with zero attached hydrogens (tertiary/aromatic N) is 1. The monoisotopic (exact) mass is 316 g/mol. The molecule has 0 bridgehead atoms. The van der Waals surface area contributed by atoms with E-state index < -0.39 is 15.8 Å². The second kappa shape index (κ2) is 5.74. The van der Waals surface area contributed by atoms with Crippen LogP contribution in [0.3, 0.4) is 0 Å². The maximum Gasteiger partial charge on any atom is 0.279 e. The first kappa shape index (κ1) is 14.7. The van der Waals surface area contributed by atoms with E-state index in [1.165, 1.54) is 24.4 Å². The number of anilines is 1. The summed E-state index contributed by atoms with van der Waals surface area (Å²) in [5.41, 5.74) is 0.623. The normalized spacial score (nSPS) is 11.3. The SMILES string of the molecule is O=S(=O)(Nc1ccc(F)c(Cl)c1)c1ccc(CO)cn1. The Morgan fingerprint density at radius 3 is 2.60 bits per heavy atom. The van der Waals surface area contributed by atoms with Crippen molar-refractivity contribution in [1.82, 2.24) is 4.98 Å². The maximum atomic E-state index is 13.0. The van der Waals surface area contributed by atoms with Crippen LogP contribution in [0.1, 0.15) is 5.56 Å². The zero-order chi connectivity index (χ0) is 14.8. The molecule has 20 heavy (non-hydrogen) atoms. The standard InChI is InChI=1S/C12H10ClFN2O3S/c13-10-5-9(2-3-11(10)14)16-20(18,19)12-4-1-8(7-17)6-15-12/h1-6,16-17H,7H2. The van der Waals surface area contributed by atoms with Gasteiger partial charge in [0.25, 0.3) is 10.0 Å². The van der Waals surface area contributed by atoms with Crippen LogP contribution in [-0.4, -0.2) is 18.5 Å². The lowest BCUT2D eigenvalue weighted by Crippen LogP contribution is -2.14. The lowest BCUT2D eigenvalue weighted by atomic mass is 10.3. The Balaban J connectivity index is 2.27. The number of pyridine rings is 1. The van der Waals surface area contributed by atoms with Crippen molar-refractivity contribution in [3.05, 3.63) is 52.9 Å². The first-order valence-corrected chi connectivity index (χ1v) is 7.32. The largest absolute Gasteiger partial charge is 0.392 e. The topological polar surface area (TPSA) is 79.3 Å². The molecule has 0 amide bonds. The summed E-state index contributed by atoms with van der Waals surface area (Å²) >= 11 is 5.58. The number of aromatic nitrogens is 1. The van der Waals surface area contributed by atoms with Crippen LogP contribution in [0.4, 0.5) is 10.1 Å². The highest BCUT2D eigenvalue weighted by atomic mass is 35.5. The van der Waals surface area contributed by atoms with Crippen LogP contribution in [0.5, 0.6) is 0 Å². The van der Waals surface area contributed by atoms with Crippen molar-refractivity contribution in [2.45, 2.75) is 11.6 Å². The first-order valence-electron chi connectivity index (χ1n) is 5.46. The van der Waals surface area contributed by atoms with Gasteiger partial charge in [-0.2, -0.15) is 8.42 Å². The first-order chi connectivity index (χ1) is 9.42. The summed E-state index contributed by atoms with van der Waals surface area (Å²) in [7, 11) is -3.89. The summed E-state index contributed by atoms with van der Waals surface area (Å²) in [6.07, 6.45) is 1.26. The Kier molecular flexibility index (Phi) is 4.22. The van der Waals surface area contributed by atoms with Crippen LogP contribution in [0.2, 0.25) is 5.02 Å². The number of aliphatic hydroxyl groups excluding tert-OH is 1. The van der Waals surface area contributed by atoms with Crippen molar-refractivity contribution in [3.63, 3.8) is 0 Å². The highest BCUT2D eigenvalue weighted by Gasteiger charge is 2.16. The van der Waals surface area contributed by atoms with E-state index in [4.69, 9.17) is 16.7 Å². The summed E-state index contributed by atoms with van der Waals surface area (Å²) in [5, 5.41) is 8.47. The van der Waals surface area contributed by atoms with Gasteiger partial charge >= 0.3 is 0 Å². The van der Waals surface area contributed by atoms with Gasteiger partial charge in [0.15, 0.2) is 5.03 Å². The van der Waals surface area contributed by atoms with Crippen LogP contribution in [0.25, 0.3) is 0 Å². The van der Waals surface area contributed by atoms with Crippen molar-refractivity contribution in [2.75, 3.05) is 4.72 Å². The van der Waals surface area contributed by atoms with Crippen LogP contribution < -0.4 is 4.72 Å². The number of benzene rings is 1. The molecule has 2 aromatic rings. The van der Waals surface area contributed by atoms with Gasteiger partial charge < -0.3 is 5.11 Å². The van der Waals surface area contributed by atoms with Gasteiger partial charge in [-0.15, -0.1) is 0 Å². The minimum atomic E-state index is -3.89.